The third kappa shape index (κ3) is 9.89. The molecule has 138 valence electrons. The zero-order valence-corrected chi connectivity index (χ0v) is 15.9. The van der Waals surface area contributed by atoms with Crippen molar-refractivity contribution in [3.63, 3.8) is 0 Å². The number of carbonyl (C=O) groups is 1. The molecule has 0 aromatic carbocycles. The van der Waals surface area contributed by atoms with Gasteiger partial charge in [0.1, 0.15) is 6.61 Å². The molecule has 1 aliphatic rings. The second kappa shape index (κ2) is 13.2. The first-order valence-corrected chi connectivity index (χ1v) is 10.0. The summed E-state index contributed by atoms with van der Waals surface area (Å²) in [6, 6.07) is 0.140. The summed E-state index contributed by atoms with van der Waals surface area (Å²) in [4.78, 5) is 16.5. The number of rotatable bonds is 13. The Kier molecular flexibility index (Phi) is 11.5. The Labute approximate surface area is 149 Å². The van der Waals surface area contributed by atoms with Crippen molar-refractivity contribution in [3.8, 4) is 0 Å². The summed E-state index contributed by atoms with van der Waals surface area (Å²) in [5, 5.41) is 0. The molecule has 0 heterocycles. The van der Waals surface area contributed by atoms with Gasteiger partial charge in [-0.25, -0.2) is 4.79 Å². The Morgan fingerprint density at radius 3 is 2.25 bits per heavy atom. The summed E-state index contributed by atoms with van der Waals surface area (Å²) < 4.78 is 5.35. The molecule has 1 unspecified atom stereocenters. The third-order valence-electron chi connectivity index (χ3n) is 4.69. The molecule has 0 N–H and O–H groups in total. The molecule has 0 spiro atoms. The van der Waals surface area contributed by atoms with E-state index in [1.165, 1.54) is 69.9 Å². The summed E-state index contributed by atoms with van der Waals surface area (Å²) in [7, 11) is 0. The lowest BCUT2D eigenvalue weighted by atomic mass is 10.0. The lowest BCUT2D eigenvalue weighted by Crippen LogP contribution is -2.19. The van der Waals surface area contributed by atoms with E-state index in [4.69, 9.17) is 9.73 Å². The van der Waals surface area contributed by atoms with Crippen LogP contribution in [0.25, 0.3) is 0 Å². The van der Waals surface area contributed by atoms with Gasteiger partial charge in [0.15, 0.2) is 0 Å². The number of hydrogen-bond acceptors (Lipinski definition) is 3. The van der Waals surface area contributed by atoms with E-state index in [-0.39, 0.29) is 12.0 Å². The minimum absolute atomic E-state index is 0.140. The minimum Gasteiger partial charge on any atom is -0.460 e. The number of unbranched alkanes of at least 4 members (excludes halogenated alkanes) is 7. The summed E-state index contributed by atoms with van der Waals surface area (Å²) in [6.45, 7) is 8.00. The first-order valence-electron chi connectivity index (χ1n) is 10.0. The quantitative estimate of drug-likeness (QED) is 0.234. The monoisotopic (exact) mass is 335 g/mol. The molecule has 24 heavy (non-hydrogen) atoms. The molecule has 0 radical (unpaired) electrons. The van der Waals surface area contributed by atoms with Gasteiger partial charge in [-0.3, -0.25) is 4.99 Å². The number of aliphatic imine (C=N–C) groups is 1. The second-order valence-corrected chi connectivity index (χ2v) is 7.20. The Morgan fingerprint density at radius 1 is 1.08 bits per heavy atom. The highest BCUT2D eigenvalue weighted by Gasteiger charge is 2.15. The molecular formula is C21H37NO2. The first kappa shape index (κ1) is 20.9. The van der Waals surface area contributed by atoms with Crippen molar-refractivity contribution < 1.29 is 9.53 Å². The average Bonchev–Trinajstić information content (AvgIpc) is 3.07. The van der Waals surface area contributed by atoms with Crippen molar-refractivity contribution in [2.24, 2.45) is 4.99 Å². The first-order chi connectivity index (χ1) is 11.6. The van der Waals surface area contributed by atoms with Gasteiger partial charge in [0.05, 0.1) is 6.04 Å². The fraction of sp³-hybridized carbons (Fsp3) is 0.810. The van der Waals surface area contributed by atoms with E-state index in [1.54, 1.807) is 6.92 Å². The summed E-state index contributed by atoms with van der Waals surface area (Å²) >= 11 is 0. The molecule has 1 rings (SSSR count). The molecule has 3 nitrogen and oxygen atoms in total. The van der Waals surface area contributed by atoms with E-state index in [9.17, 15) is 4.79 Å². The number of hydrogen-bond donors (Lipinski definition) is 0. The second-order valence-electron chi connectivity index (χ2n) is 7.20. The SMILES string of the molecule is C=C(C)C(=O)OCC(CCCCCCCCCC)N=C1CCCC1. The largest absolute Gasteiger partial charge is 0.460 e. The molecule has 0 bridgehead atoms. The van der Waals surface area contributed by atoms with Crippen LogP contribution in [0.4, 0.5) is 0 Å². The molecule has 1 aliphatic carbocycles. The van der Waals surface area contributed by atoms with E-state index in [1.807, 2.05) is 0 Å². The standard InChI is InChI=1S/C21H37NO2/c1-4-5-6-7-8-9-10-11-16-20(17-24-21(23)18(2)3)22-19-14-12-13-15-19/h20H,2,4-17H2,1,3H3. The Morgan fingerprint density at radius 2 is 1.67 bits per heavy atom. The van der Waals surface area contributed by atoms with Crippen molar-refractivity contribution in [3.05, 3.63) is 12.2 Å². The van der Waals surface area contributed by atoms with Gasteiger partial charge in [-0.05, 0) is 39.0 Å². The van der Waals surface area contributed by atoms with E-state index in [0.29, 0.717) is 12.2 Å². The topological polar surface area (TPSA) is 38.7 Å². The van der Waals surface area contributed by atoms with Crippen molar-refractivity contribution in [2.75, 3.05) is 6.61 Å². The highest BCUT2D eigenvalue weighted by atomic mass is 16.5. The van der Waals surface area contributed by atoms with Crippen LogP contribution in [0.5, 0.6) is 0 Å². The molecule has 1 saturated carbocycles. The van der Waals surface area contributed by atoms with Crippen molar-refractivity contribution in [1.29, 1.82) is 0 Å². The zero-order valence-electron chi connectivity index (χ0n) is 15.9. The molecule has 3 heteroatoms. The van der Waals surface area contributed by atoms with Crippen LogP contribution < -0.4 is 0 Å². The molecule has 0 saturated heterocycles. The molecule has 0 aliphatic heterocycles. The zero-order chi connectivity index (χ0) is 17.6. The maximum absolute atomic E-state index is 11.6. The van der Waals surface area contributed by atoms with Gasteiger partial charge in [0.25, 0.3) is 0 Å². The minimum atomic E-state index is -0.289. The maximum Gasteiger partial charge on any atom is 0.333 e. The average molecular weight is 336 g/mol. The van der Waals surface area contributed by atoms with E-state index < -0.39 is 0 Å². The van der Waals surface area contributed by atoms with E-state index >= 15 is 0 Å². The molecule has 0 amide bonds. The predicted octanol–water partition coefficient (Wildman–Crippen LogP) is 6.02. The van der Waals surface area contributed by atoms with Crippen molar-refractivity contribution in [1.82, 2.24) is 0 Å². The van der Waals surface area contributed by atoms with Crippen LogP contribution in [-0.4, -0.2) is 24.3 Å². The summed E-state index contributed by atoms with van der Waals surface area (Å²) in [6.07, 6.45) is 16.3. The van der Waals surface area contributed by atoms with Crippen molar-refractivity contribution >= 4 is 11.7 Å². The Hall–Kier alpha value is -1.12. The Bertz CT molecular complexity index is 393. The van der Waals surface area contributed by atoms with Gasteiger partial charge in [0.2, 0.25) is 0 Å². The van der Waals surface area contributed by atoms with Crippen LogP contribution in [0.2, 0.25) is 0 Å². The van der Waals surface area contributed by atoms with Crippen LogP contribution in [0.3, 0.4) is 0 Å². The lowest BCUT2D eigenvalue weighted by molar-refractivity contribution is -0.139. The number of nitrogens with zero attached hydrogens (tertiary/aromatic N) is 1. The van der Waals surface area contributed by atoms with Gasteiger partial charge in [0, 0.05) is 11.3 Å². The predicted molar refractivity (Wildman–Crippen MR) is 103 cm³/mol. The molecule has 0 aromatic rings. The lowest BCUT2D eigenvalue weighted by Gasteiger charge is -2.14. The van der Waals surface area contributed by atoms with Crippen LogP contribution in [0.1, 0.15) is 97.3 Å². The third-order valence-corrected chi connectivity index (χ3v) is 4.69. The number of carbonyl (C=O) groups excluding carboxylic acids is 1. The van der Waals surface area contributed by atoms with Gasteiger partial charge in [-0.15, -0.1) is 0 Å². The highest BCUT2D eigenvalue weighted by molar-refractivity contribution is 5.87. The van der Waals surface area contributed by atoms with Crippen LogP contribution in [0.15, 0.2) is 17.1 Å². The fourth-order valence-corrected chi connectivity index (χ4v) is 3.16. The number of ether oxygens (including phenoxy) is 1. The normalized spacial score (nSPS) is 15.3. The van der Waals surface area contributed by atoms with E-state index in [2.05, 4.69) is 13.5 Å². The smallest absolute Gasteiger partial charge is 0.333 e. The molecular weight excluding hydrogens is 298 g/mol. The van der Waals surface area contributed by atoms with Crippen LogP contribution in [-0.2, 0) is 9.53 Å². The summed E-state index contributed by atoms with van der Waals surface area (Å²) in [5.41, 5.74) is 1.79. The van der Waals surface area contributed by atoms with E-state index in [0.717, 1.165) is 19.3 Å². The number of esters is 1. The van der Waals surface area contributed by atoms with Gasteiger partial charge in [-0.1, -0.05) is 64.9 Å². The Balaban J connectivity index is 2.26. The van der Waals surface area contributed by atoms with Gasteiger partial charge in [-0.2, -0.15) is 0 Å². The highest BCUT2D eigenvalue weighted by Crippen LogP contribution is 2.18. The van der Waals surface area contributed by atoms with Crippen LogP contribution in [0, 0.1) is 0 Å². The molecule has 1 atom stereocenters. The summed E-state index contributed by atoms with van der Waals surface area (Å²) in [5.74, 6) is -0.289. The van der Waals surface area contributed by atoms with Crippen molar-refractivity contribution in [2.45, 2.75) is 103 Å². The fourth-order valence-electron chi connectivity index (χ4n) is 3.16. The van der Waals surface area contributed by atoms with Crippen LogP contribution >= 0.6 is 0 Å². The van der Waals surface area contributed by atoms with Gasteiger partial charge >= 0.3 is 5.97 Å². The molecule has 1 fully saturated rings. The maximum atomic E-state index is 11.6. The molecule has 0 aromatic heterocycles. The van der Waals surface area contributed by atoms with Gasteiger partial charge < -0.3 is 4.74 Å².